The number of thioether (sulfide) groups is 1. The molecule has 0 aliphatic carbocycles. The van der Waals surface area contributed by atoms with Gasteiger partial charge in [0.1, 0.15) is 5.82 Å². The molecule has 1 unspecified atom stereocenters. The van der Waals surface area contributed by atoms with Crippen molar-refractivity contribution in [2.75, 3.05) is 12.3 Å². The number of benzene rings is 1. The van der Waals surface area contributed by atoms with Gasteiger partial charge in [-0.3, -0.25) is 4.68 Å². The molecule has 1 atom stereocenters. The number of nitrogens with one attached hydrogen (secondary N) is 1. The maximum absolute atomic E-state index is 13.8. The van der Waals surface area contributed by atoms with E-state index < -0.39 is 0 Å². The molecule has 0 spiro atoms. The molecule has 0 saturated heterocycles. The van der Waals surface area contributed by atoms with E-state index in [2.05, 4.69) is 10.4 Å². The third kappa shape index (κ3) is 3.04. The lowest BCUT2D eigenvalue weighted by Crippen LogP contribution is -2.26. The van der Waals surface area contributed by atoms with Crippen LogP contribution in [0.25, 0.3) is 0 Å². The number of aromatic nitrogens is 2. The largest absolute Gasteiger partial charge is 0.310 e. The fourth-order valence-corrected chi connectivity index (χ4v) is 3.69. The minimum atomic E-state index is -0.0875. The number of nitrogens with zero attached hydrogens (tertiary/aromatic N) is 2. The average molecular weight is 291 g/mol. The summed E-state index contributed by atoms with van der Waals surface area (Å²) in [5, 5.41) is 7.73. The first-order valence-corrected chi connectivity index (χ1v) is 7.95. The summed E-state index contributed by atoms with van der Waals surface area (Å²) in [6, 6.07) is 7.60. The quantitative estimate of drug-likeness (QED) is 0.858. The van der Waals surface area contributed by atoms with Gasteiger partial charge in [0.15, 0.2) is 0 Å². The number of fused-ring (bicyclic) bond motifs is 1. The minimum absolute atomic E-state index is 0.0875. The summed E-state index contributed by atoms with van der Waals surface area (Å²) in [7, 11) is 0. The summed E-state index contributed by atoms with van der Waals surface area (Å²) in [6.45, 7) is 1.84. The van der Waals surface area contributed by atoms with E-state index in [0.717, 1.165) is 42.1 Å². The number of aryl methyl sites for hydroxylation is 1. The lowest BCUT2D eigenvalue weighted by Gasteiger charge is -2.26. The van der Waals surface area contributed by atoms with Crippen molar-refractivity contribution in [1.29, 1.82) is 0 Å². The monoisotopic (exact) mass is 291 g/mol. The molecule has 1 aliphatic rings. The van der Waals surface area contributed by atoms with E-state index in [1.54, 1.807) is 30.1 Å². The van der Waals surface area contributed by atoms with Crippen LogP contribution in [-0.2, 0) is 6.54 Å². The highest BCUT2D eigenvalue weighted by Crippen LogP contribution is 2.37. The zero-order chi connectivity index (χ0) is 13.8. The molecule has 0 radical (unpaired) electrons. The fourth-order valence-electron chi connectivity index (χ4n) is 2.55. The Balaban J connectivity index is 1.55. The van der Waals surface area contributed by atoms with Crippen molar-refractivity contribution in [3.63, 3.8) is 0 Å². The SMILES string of the molecule is Fc1cccc2c1SCCC2NCCCn1cccn1. The summed E-state index contributed by atoms with van der Waals surface area (Å²) in [5.41, 5.74) is 1.11. The molecule has 20 heavy (non-hydrogen) atoms. The van der Waals surface area contributed by atoms with Gasteiger partial charge in [0.05, 0.1) is 0 Å². The predicted molar refractivity (Wildman–Crippen MR) is 79.3 cm³/mol. The molecular formula is C15H18FN3S. The summed E-state index contributed by atoms with van der Waals surface area (Å²) in [5.74, 6) is 0.889. The van der Waals surface area contributed by atoms with Crippen molar-refractivity contribution in [3.8, 4) is 0 Å². The molecular weight excluding hydrogens is 273 g/mol. The van der Waals surface area contributed by atoms with Gasteiger partial charge in [-0.05, 0) is 42.8 Å². The van der Waals surface area contributed by atoms with E-state index in [4.69, 9.17) is 0 Å². The molecule has 3 nitrogen and oxygen atoms in total. The number of hydrogen-bond donors (Lipinski definition) is 1. The lowest BCUT2D eigenvalue weighted by atomic mass is 10.0. The summed E-state index contributed by atoms with van der Waals surface area (Å²) in [6.07, 6.45) is 5.85. The first-order valence-electron chi connectivity index (χ1n) is 6.96. The molecule has 2 heterocycles. The van der Waals surface area contributed by atoms with E-state index in [1.807, 2.05) is 23.0 Å². The second-order valence-corrected chi connectivity index (χ2v) is 6.03. The zero-order valence-electron chi connectivity index (χ0n) is 11.3. The lowest BCUT2D eigenvalue weighted by molar-refractivity contribution is 0.467. The van der Waals surface area contributed by atoms with Crippen LogP contribution in [-0.4, -0.2) is 22.1 Å². The van der Waals surface area contributed by atoms with Gasteiger partial charge < -0.3 is 5.32 Å². The van der Waals surface area contributed by atoms with Crippen molar-refractivity contribution in [3.05, 3.63) is 48.0 Å². The summed E-state index contributed by atoms with van der Waals surface area (Å²) < 4.78 is 15.7. The van der Waals surface area contributed by atoms with Gasteiger partial charge in [-0.1, -0.05) is 12.1 Å². The van der Waals surface area contributed by atoms with Gasteiger partial charge in [0.2, 0.25) is 0 Å². The van der Waals surface area contributed by atoms with Gasteiger partial charge in [-0.25, -0.2) is 4.39 Å². The van der Waals surface area contributed by atoms with Gasteiger partial charge in [-0.15, -0.1) is 11.8 Å². The van der Waals surface area contributed by atoms with Gasteiger partial charge >= 0.3 is 0 Å². The second-order valence-electron chi connectivity index (χ2n) is 4.92. The van der Waals surface area contributed by atoms with Crippen molar-refractivity contribution in [1.82, 2.24) is 15.1 Å². The van der Waals surface area contributed by atoms with E-state index in [-0.39, 0.29) is 11.9 Å². The van der Waals surface area contributed by atoms with Gasteiger partial charge in [0, 0.05) is 29.9 Å². The molecule has 1 N–H and O–H groups in total. The van der Waals surface area contributed by atoms with Crippen LogP contribution in [0.2, 0.25) is 0 Å². The van der Waals surface area contributed by atoms with Crippen LogP contribution < -0.4 is 5.32 Å². The van der Waals surface area contributed by atoms with E-state index >= 15 is 0 Å². The Morgan fingerprint density at radius 3 is 3.20 bits per heavy atom. The molecule has 0 amide bonds. The third-order valence-corrected chi connectivity index (χ3v) is 4.70. The van der Waals surface area contributed by atoms with Crippen LogP contribution in [0.1, 0.15) is 24.4 Å². The molecule has 2 aromatic rings. The van der Waals surface area contributed by atoms with Crippen molar-refractivity contribution in [2.45, 2.75) is 30.3 Å². The van der Waals surface area contributed by atoms with Crippen molar-refractivity contribution >= 4 is 11.8 Å². The normalized spacial score (nSPS) is 17.9. The second kappa shape index (κ2) is 6.41. The van der Waals surface area contributed by atoms with Gasteiger partial charge in [0.25, 0.3) is 0 Å². The molecule has 0 saturated carbocycles. The first-order chi connectivity index (χ1) is 9.84. The van der Waals surface area contributed by atoms with Gasteiger partial charge in [-0.2, -0.15) is 5.10 Å². The highest BCUT2D eigenvalue weighted by Gasteiger charge is 2.22. The maximum atomic E-state index is 13.8. The number of rotatable bonds is 5. The van der Waals surface area contributed by atoms with E-state index in [0.29, 0.717) is 0 Å². The smallest absolute Gasteiger partial charge is 0.137 e. The Hall–Kier alpha value is -1.33. The van der Waals surface area contributed by atoms with Crippen molar-refractivity contribution in [2.24, 2.45) is 0 Å². The predicted octanol–water partition coefficient (Wildman–Crippen LogP) is 3.24. The number of hydrogen-bond acceptors (Lipinski definition) is 3. The van der Waals surface area contributed by atoms with Crippen LogP contribution in [0, 0.1) is 5.82 Å². The van der Waals surface area contributed by atoms with Crippen LogP contribution >= 0.6 is 11.8 Å². The summed E-state index contributed by atoms with van der Waals surface area (Å²) in [4.78, 5) is 0.823. The Bertz CT molecular complexity index is 556. The van der Waals surface area contributed by atoms with Crippen LogP contribution in [0.5, 0.6) is 0 Å². The van der Waals surface area contributed by atoms with Crippen LogP contribution in [0.4, 0.5) is 4.39 Å². The topological polar surface area (TPSA) is 29.9 Å². The molecule has 1 aliphatic heterocycles. The van der Waals surface area contributed by atoms with E-state index in [9.17, 15) is 4.39 Å². The Labute approximate surface area is 122 Å². The zero-order valence-corrected chi connectivity index (χ0v) is 12.1. The van der Waals surface area contributed by atoms with Crippen molar-refractivity contribution < 1.29 is 4.39 Å². The molecule has 106 valence electrons. The van der Waals surface area contributed by atoms with Crippen LogP contribution in [0.15, 0.2) is 41.6 Å². The Morgan fingerprint density at radius 1 is 1.40 bits per heavy atom. The molecule has 1 aromatic heterocycles. The molecule has 1 aromatic carbocycles. The Morgan fingerprint density at radius 2 is 2.35 bits per heavy atom. The highest BCUT2D eigenvalue weighted by atomic mass is 32.2. The Kier molecular flexibility index (Phi) is 4.38. The maximum Gasteiger partial charge on any atom is 0.137 e. The van der Waals surface area contributed by atoms with Crippen LogP contribution in [0.3, 0.4) is 0 Å². The summed E-state index contributed by atoms with van der Waals surface area (Å²) >= 11 is 1.63. The molecule has 0 bridgehead atoms. The van der Waals surface area contributed by atoms with E-state index in [1.165, 1.54) is 0 Å². The standard InChI is InChI=1S/C15H18FN3S/c16-13-5-1-4-12-14(6-11-20-15(12)13)17-7-2-9-19-10-3-8-18-19/h1,3-5,8,10,14,17H,2,6-7,9,11H2. The minimum Gasteiger partial charge on any atom is -0.310 e. The third-order valence-electron chi connectivity index (χ3n) is 3.54. The fraction of sp³-hybridized carbons (Fsp3) is 0.400. The molecule has 3 rings (SSSR count). The number of halogens is 1. The first kappa shape index (κ1) is 13.6. The highest BCUT2D eigenvalue weighted by molar-refractivity contribution is 7.99. The molecule has 0 fully saturated rings. The molecule has 5 heteroatoms. The average Bonchev–Trinajstić information content (AvgIpc) is 2.98.